The number of aromatic nitrogens is 3. The van der Waals surface area contributed by atoms with Gasteiger partial charge in [0.2, 0.25) is 0 Å². The van der Waals surface area contributed by atoms with E-state index in [1.54, 1.807) is 6.20 Å². The normalized spacial score (nSPS) is 23.9. The maximum atomic E-state index is 10.1. The lowest BCUT2D eigenvalue weighted by atomic mass is 10.1. The molecule has 0 bridgehead atoms. The van der Waals surface area contributed by atoms with Gasteiger partial charge in [0.1, 0.15) is 18.3 Å². The molecular formula is C15H18N4O4. The zero-order valence-electron chi connectivity index (χ0n) is 12.5. The predicted molar refractivity (Wildman–Crippen MR) is 83.8 cm³/mol. The van der Waals surface area contributed by atoms with Crippen molar-refractivity contribution in [3.63, 3.8) is 0 Å². The van der Waals surface area contributed by atoms with Crippen LogP contribution in [0.2, 0.25) is 0 Å². The molecule has 1 aromatic carbocycles. The predicted octanol–water partition coefficient (Wildman–Crippen LogP) is -0.134. The van der Waals surface area contributed by atoms with Gasteiger partial charge in [0.05, 0.1) is 29.5 Å². The van der Waals surface area contributed by atoms with E-state index in [2.05, 4.69) is 9.97 Å². The number of fused-ring (bicyclic) bond motifs is 3. The van der Waals surface area contributed by atoms with Crippen LogP contribution in [0.4, 0.5) is 5.82 Å². The maximum Gasteiger partial charge on any atom is 0.180 e. The van der Waals surface area contributed by atoms with E-state index in [0.29, 0.717) is 17.2 Å². The van der Waals surface area contributed by atoms with Gasteiger partial charge in [-0.15, -0.1) is 0 Å². The first-order valence-electron chi connectivity index (χ1n) is 7.11. The van der Waals surface area contributed by atoms with Crippen molar-refractivity contribution in [1.82, 2.24) is 14.4 Å². The molecule has 0 radical (unpaired) electrons. The van der Waals surface area contributed by atoms with Gasteiger partial charge in [-0.1, -0.05) is 12.1 Å². The Kier molecular flexibility index (Phi) is 4.14. The molecule has 4 rings (SSSR count). The van der Waals surface area contributed by atoms with Gasteiger partial charge in [-0.2, -0.15) is 0 Å². The molecule has 1 aliphatic rings. The summed E-state index contributed by atoms with van der Waals surface area (Å²) in [5.74, 6) is 0.313. The fourth-order valence-corrected chi connectivity index (χ4v) is 2.79. The van der Waals surface area contributed by atoms with Crippen LogP contribution in [0.3, 0.4) is 0 Å². The number of nitrogens with zero attached hydrogens (tertiary/aromatic N) is 3. The van der Waals surface area contributed by atoms with Crippen molar-refractivity contribution in [1.29, 1.82) is 0 Å². The van der Waals surface area contributed by atoms with Crippen LogP contribution in [-0.2, 0) is 4.74 Å². The Labute approximate surface area is 131 Å². The van der Waals surface area contributed by atoms with Crippen LogP contribution in [-0.4, -0.2) is 55.6 Å². The van der Waals surface area contributed by atoms with E-state index in [-0.39, 0.29) is 6.61 Å². The molecule has 122 valence electrons. The first kappa shape index (κ1) is 15.6. The highest BCUT2D eigenvalue weighted by Gasteiger charge is 2.37. The van der Waals surface area contributed by atoms with Gasteiger partial charge in [0, 0.05) is 7.11 Å². The number of hydrogen-bond acceptors (Lipinski definition) is 7. The van der Waals surface area contributed by atoms with Gasteiger partial charge in [0.25, 0.3) is 0 Å². The molecule has 3 unspecified atom stereocenters. The van der Waals surface area contributed by atoms with Crippen LogP contribution in [0.25, 0.3) is 16.7 Å². The molecule has 1 saturated heterocycles. The molecule has 3 aromatic rings. The first-order valence-corrected chi connectivity index (χ1v) is 7.11. The number of nitrogen functional groups attached to an aromatic ring is 1. The van der Waals surface area contributed by atoms with Gasteiger partial charge < -0.3 is 25.8 Å². The van der Waals surface area contributed by atoms with Crippen molar-refractivity contribution in [2.24, 2.45) is 0 Å². The molecule has 0 saturated carbocycles. The summed E-state index contributed by atoms with van der Waals surface area (Å²) in [6.45, 7) is 0.0948. The first-order chi connectivity index (χ1) is 11.2. The minimum Gasteiger partial charge on any atom is -0.400 e. The highest BCUT2D eigenvalue weighted by molar-refractivity contribution is 5.82. The molecule has 8 nitrogen and oxygen atoms in total. The quantitative estimate of drug-likeness (QED) is 0.492. The number of benzene rings is 1. The van der Waals surface area contributed by atoms with E-state index in [4.69, 9.17) is 15.6 Å². The van der Waals surface area contributed by atoms with Crippen molar-refractivity contribution >= 4 is 22.5 Å². The summed E-state index contributed by atoms with van der Waals surface area (Å²) < 4.78 is 7.32. The zero-order chi connectivity index (χ0) is 16.6. The Balaban J connectivity index is 0.000000753. The Bertz CT molecular complexity index is 835. The second-order valence-corrected chi connectivity index (χ2v) is 5.14. The Morgan fingerprint density at radius 3 is 2.70 bits per heavy atom. The lowest BCUT2D eigenvalue weighted by Gasteiger charge is -2.15. The van der Waals surface area contributed by atoms with Crippen LogP contribution >= 0.6 is 0 Å². The number of aliphatic hydroxyl groups is 3. The summed E-state index contributed by atoms with van der Waals surface area (Å²) in [5.41, 5.74) is 8.67. The number of aliphatic hydroxyl groups excluding tert-OH is 3. The number of hydrogen-bond donors (Lipinski definition) is 4. The smallest absolute Gasteiger partial charge is 0.180 e. The average molecular weight is 318 g/mol. The molecule has 0 amide bonds. The second-order valence-electron chi connectivity index (χ2n) is 5.14. The molecular weight excluding hydrogens is 300 g/mol. The van der Waals surface area contributed by atoms with E-state index in [0.717, 1.165) is 18.1 Å². The number of rotatable bonds is 1. The molecule has 3 atom stereocenters. The van der Waals surface area contributed by atoms with Gasteiger partial charge in [0.15, 0.2) is 11.5 Å². The van der Waals surface area contributed by atoms with Crippen LogP contribution < -0.4 is 5.73 Å². The standard InChI is InChI=1S/C14H14N4O3.CH4O/c15-13-14-16-5-9(12-11(20)10(19)6-21-12)18(14)8-4-2-1-3-7(8)17-13;1-2/h1-5,10-12,19-20H,6H2,(H2,15,17);2H,1H3. The van der Waals surface area contributed by atoms with Crippen LogP contribution in [0.15, 0.2) is 30.5 Å². The van der Waals surface area contributed by atoms with E-state index >= 15 is 0 Å². The third kappa shape index (κ3) is 2.41. The highest BCUT2D eigenvalue weighted by atomic mass is 16.5. The minimum absolute atomic E-state index is 0.0948. The summed E-state index contributed by atoms with van der Waals surface area (Å²) >= 11 is 0. The van der Waals surface area contributed by atoms with Gasteiger partial charge in [-0.25, -0.2) is 9.97 Å². The average Bonchev–Trinajstić information content (AvgIpc) is 3.15. The largest absolute Gasteiger partial charge is 0.400 e. The summed E-state index contributed by atoms with van der Waals surface area (Å²) in [6.07, 6.45) is -0.921. The van der Waals surface area contributed by atoms with Crippen molar-refractivity contribution in [2.45, 2.75) is 18.3 Å². The van der Waals surface area contributed by atoms with E-state index < -0.39 is 18.3 Å². The van der Waals surface area contributed by atoms with Crippen molar-refractivity contribution in [2.75, 3.05) is 19.5 Å². The van der Waals surface area contributed by atoms with Crippen LogP contribution in [0.1, 0.15) is 11.8 Å². The Hall–Kier alpha value is -2.26. The third-order valence-corrected chi connectivity index (χ3v) is 3.82. The lowest BCUT2D eigenvalue weighted by molar-refractivity contribution is 0.0203. The maximum absolute atomic E-state index is 10.1. The summed E-state index contributed by atoms with van der Waals surface area (Å²) in [7, 11) is 1.00. The van der Waals surface area contributed by atoms with E-state index in [1.165, 1.54) is 0 Å². The molecule has 23 heavy (non-hydrogen) atoms. The Morgan fingerprint density at radius 2 is 2.00 bits per heavy atom. The summed E-state index contributed by atoms with van der Waals surface area (Å²) in [4.78, 5) is 8.59. The fourth-order valence-electron chi connectivity index (χ4n) is 2.79. The SMILES string of the molecule is CO.Nc1nc2ccccc2n2c(C3OCC(O)C3O)cnc12. The number of para-hydroxylation sites is 2. The minimum atomic E-state index is -0.988. The molecule has 0 spiro atoms. The van der Waals surface area contributed by atoms with Gasteiger partial charge >= 0.3 is 0 Å². The molecule has 2 aromatic heterocycles. The van der Waals surface area contributed by atoms with Crippen molar-refractivity contribution < 1.29 is 20.1 Å². The van der Waals surface area contributed by atoms with Gasteiger partial charge in [-0.3, -0.25) is 4.40 Å². The number of imidazole rings is 1. The zero-order valence-corrected chi connectivity index (χ0v) is 12.5. The second kappa shape index (κ2) is 6.09. The van der Waals surface area contributed by atoms with E-state index in [1.807, 2.05) is 28.7 Å². The van der Waals surface area contributed by atoms with Gasteiger partial charge in [-0.05, 0) is 12.1 Å². The Morgan fingerprint density at radius 1 is 1.26 bits per heavy atom. The molecule has 3 heterocycles. The molecule has 1 fully saturated rings. The molecule has 8 heteroatoms. The van der Waals surface area contributed by atoms with Crippen LogP contribution in [0.5, 0.6) is 0 Å². The molecule has 0 aliphatic carbocycles. The number of anilines is 1. The monoisotopic (exact) mass is 318 g/mol. The van der Waals surface area contributed by atoms with E-state index in [9.17, 15) is 10.2 Å². The molecule has 5 N–H and O–H groups in total. The number of ether oxygens (including phenoxy) is 1. The van der Waals surface area contributed by atoms with Crippen molar-refractivity contribution in [3.05, 3.63) is 36.2 Å². The fraction of sp³-hybridized carbons (Fsp3) is 0.333. The summed E-state index contributed by atoms with van der Waals surface area (Å²) in [6, 6.07) is 7.53. The topological polar surface area (TPSA) is 126 Å². The molecule has 1 aliphatic heterocycles. The summed E-state index contributed by atoms with van der Waals surface area (Å²) in [5, 5.41) is 26.7. The highest BCUT2D eigenvalue weighted by Crippen LogP contribution is 2.32. The number of nitrogens with two attached hydrogens (primary N) is 1. The third-order valence-electron chi connectivity index (χ3n) is 3.82. The van der Waals surface area contributed by atoms with Crippen molar-refractivity contribution in [3.8, 4) is 0 Å². The van der Waals surface area contributed by atoms with Crippen LogP contribution in [0, 0.1) is 0 Å². The lowest BCUT2D eigenvalue weighted by Crippen LogP contribution is -2.25.